The summed E-state index contributed by atoms with van der Waals surface area (Å²) >= 11 is 6.65. The molecular formula is C35H29ClN2O3. The highest BCUT2D eigenvalue weighted by molar-refractivity contribution is 6.25. The summed E-state index contributed by atoms with van der Waals surface area (Å²) in [7, 11) is 0. The zero-order valence-corrected chi connectivity index (χ0v) is 24.6. The fourth-order valence-electron chi connectivity index (χ4n) is 5.31. The highest BCUT2D eigenvalue weighted by atomic mass is 35.5. The Labute approximate surface area is 242 Å². The maximum Gasteiger partial charge on any atom is 0.160 e. The van der Waals surface area contributed by atoms with Gasteiger partial charge in [0.15, 0.2) is 5.50 Å². The molecule has 1 aliphatic rings. The molecule has 0 saturated carbocycles. The van der Waals surface area contributed by atoms with Crippen molar-refractivity contribution in [2.75, 3.05) is 0 Å². The number of pyridine rings is 1. The van der Waals surface area contributed by atoms with Crippen molar-refractivity contribution in [1.29, 1.82) is 0 Å². The van der Waals surface area contributed by atoms with Crippen molar-refractivity contribution < 1.29 is 14.4 Å². The van der Waals surface area contributed by atoms with Crippen LogP contribution >= 0.6 is 11.6 Å². The van der Waals surface area contributed by atoms with Crippen molar-refractivity contribution >= 4 is 45.9 Å². The largest absolute Gasteiger partial charge is 0.257 e. The molecule has 0 radical (unpaired) electrons. The van der Waals surface area contributed by atoms with Crippen LogP contribution in [0.3, 0.4) is 0 Å². The molecule has 2 heterocycles. The van der Waals surface area contributed by atoms with Crippen LogP contribution in [0.5, 0.6) is 0 Å². The highest BCUT2D eigenvalue weighted by Crippen LogP contribution is 2.30. The van der Waals surface area contributed by atoms with Crippen LogP contribution in [0.2, 0.25) is 0 Å². The van der Waals surface area contributed by atoms with Crippen LogP contribution in [0, 0.1) is 0 Å². The highest BCUT2D eigenvalue weighted by Gasteiger charge is 2.27. The van der Waals surface area contributed by atoms with Gasteiger partial charge in [-0.1, -0.05) is 102 Å². The van der Waals surface area contributed by atoms with E-state index in [-0.39, 0.29) is 32.1 Å². The molecule has 6 heteroatoms. The molecule has 0 saturated heterocycles. The second-order valence-corrected chi connectivity index (χ2v) is 12.7. The number of alkyl halides is 1. The monoisotopic (exact) mass is 560 g/mol. The van der Waals surface area contributed by atoms with Gasteiger partial charge < -0.3 is 0 Å². The molecule has 0 N–H and O–H groups in total. The number of hydrogen-bond donors (Lipinski definition) is 0. The summed E-state index contributed by atoms with van der Waals surface area (Å²) < 4.78 is 0. The first-order valence-corrected chi connectivity index (χ1v) is 13.8. The Hall–Kier alpha value is -4.36. The van der Waals surface area contributed by atoms with E-state index in [1.54, 1.807) is 12.3 Å². The molecule has 1 aliphatic heterocycles. The normalized spacial score (nSPS) is 15.0. The first kappa shape index (κ1) is 28.2. The van der Waals surface area contributed by atoms with Crippen LogP contribution in [0.1, 0.15) is 58.2 Å². The summed E-state index contributed by atoms with van der Waals surface area (Å²) in [6.45, 7) is 12.7. The van der Waals surface area contributed by atoms with Gasteiger partial charge in [-0.2, -0.15) is 0 Å². The Bertz CT molecular complexity index is 2070. The predicted molar refractivity (Wildman–Crippen MR) is 162 cm³/mol. The molecular weight excluding hydrogens is 532 g/mol. The van der Waals surface area contributed by atoms with Gasteiger partial charge in [-0.3, -0.25) is 9.98 Å². The predicted octanol–water partition coefficient (Wildman–Crippen LogP) is 3.66. The number of benzene rings is 3. The van der Waals surface area contributed by atoms with Gasteiger partial charge in [-0.25, -0.2) is 14.4 Å². The van der Waals surface area contributed by atoms with E-state index < -0.39 is 5.50 Å². The molecule has 4 aromatic rings. The topological polar surface area (TPSA) is 76.5 Å². The number of rotatable bonds is 2. The Kier molecular flexibility index (Phi) is 7.03. The number of aromatic nitrogens is 1. The second kappa shape index (κ2) is 10.2. The minimum Gasteiger partial charge on any atom is -0.257 e. The van der Waals surface area contributed by atoms with E-state index in [1.165, 1.54) is 0 Å². The summed E-state index contributed by atoms with van der Waals surface area (Å²) in [4.78, 5) is 46.6. The van der Waals surface area contributed by atoms with Crippen LogP contribution in [0.4, 0.5) is 0 Å². The van der Waals surface area contributed by atoms with Gasteiger partial charge in [0.05, 0.1) is 26.9 Å². The van der Waals surface area contributed by atoms with Gasteiger partial charge in [0.2, 0.25) is 0 Å². The third-order valence-corrected chi connectivity index (χ3v) is 7.89. The number of hydrogen-bond acceptors (Lipinski definition) is 5. The zero-order valence-electron chi connectivity index (χ0n) is 23.8. The molecule has 1 aromatic heterocycles. The number of carbonyl (C=O) groups excluding carboxylic acids is 3. The number of nitrogens with zero attached hydrogens (tertiary/aromatic N) is 2. The molecule has 0 bridgehead atoms. The van der Waals surface area contributed by atoms with Crippen LogP contribution in [-0.4, -0.2) is 28.3 Å². The van der Waals surface area contributed by atoms with Crippen molar-refractivity contribution in [3.8, 4) is 11.1 Å². The van der Waals surface area contributed by atoms with E-state index in [4.69, 9.17) is 11.6 Å². The van der Waals surface area contributed by atoms with Crippen molar-refractivity contribution in [2.24, 2.45) is 4.99 Å². The van der Waals surface area contributed by atoms with Crippen LogP contribution in [0.25, 0.3) is 27.6 Å². The van der Waals surface area contributed by atoms with E-state index in [0.717, 1.165) is 16.7 Å². The lowest BCUT2D eigenvalue weighted by molar-refractivity contribution is 0.564. The summed E-state index contributed by atoms with van der Waals surface area (Å²) in [5.41, 5.74) is 4.07. The number of halogens is 1. The second-order valence-electron chi connectivity index (χ2n) is 12.3. The molecule has 1 unspecified atom stereocenters. The Morgan fingerprint density at radius 1 is 0.707 bits per heavy atom. The fourth-order valence-corrected chi connectivity index (χ4v) is 5.56. The Morgan fingerprint density at radius 3 is 1.73 bits per heavy atom. The maximum absolute atomic E-state index is 12.6. The van der Waals surface area contributed by atoms with Crippen LogP contribution in [-0.2, 0) is 25.2 Å². The maximum atomic E-state index is 12.6. The molecule has 5 rings (SSSR count). The van der Waals surface area contributed by atoms with Crippen molar-refractivity contribution in [2.45, 2.75) is 57.9 Å². The van der Waals surface area contributed by atoms with Crippen molar-refractivity contribution in [3.05, 3.63) is 104 Å². The molecule has 0 amide bonds. The molecule has 0 aliphatic carbocycles. The fraction of sp³-hybridized carbons (Fsp3) is 0.257. The molecule has 0 fully saturated rings. The summed E-state index contributed by atoms with van der Waals surface area (Å²) in [6.07, 6.45) is 1.64. The van der Waals surface area contributed by atoms with Crippen molar-refractivity contribution in [1.82, 2.24) is 4.98 Å². The Morgan fingerprint density at radius 2 is 1.24 bits per heavy atom. The minimum atomic E-state index is -1.07. The first-order valence-electron chi connectivity index (χ1n) is 13.3. The van der Waals surface area contributed by atoms with Gasteiger partial charge in [-0.05, 0) is 44.7 Å². The zero-order chi connectivity index (χ0) is 29.7. The SMILES string of the molecule is CC(C)(C)c1ccc(C2=c3c(=C=O)c(=C=O)c4c(-c5ccc(C(C)(C)C)cc5)ccnc4c3=NC(Cl)C2=C=O)cc1. The summed E-state index contributed by atoms with van der Waals surface area (Å²) in [6, 6.07) is 17.5. The van der Waals surface area contributed by atoms with Crippen LogP contribution in [0.15, 0.2) is 71.4 Å². The van der Waals surface area contributed by atoms with Gasteiger partial charge in [0, 0.05) is 22.4 Å². The Balaban J connectivity index is 1.97. The molecule has 3 aromatic carbocycles. The summed E-state index contributed by atoms with van der Waals surface area (Å²) in [5, 5.41) is 0.987. The van der Waals surface area contributed by atoms with Gasteiger partial charge in [0.1, 0.15) is 17.8 Å². The average molecular weight is 561 g/mol. The third-order valence-electron chi connectivity index (χ3n) is 7.58. The van der Waals surface area contributed by atoms with Gasteiger partial charge in [0.25, 0.3) is 0 Å². The van der Waals surface area contributed by atoms with E-state index in [9.17, 15) is 14.4 Å². The number of fused-ring (bicyclic) bond motifs is 3. The standard InChI is InChI=1S/C35H29ClN2O3/c1-34(2,3)22-11-7-20(8-12-22)24-15-16-37-31-29(24)25(17-39)26(18-40)30-28(27(19-41)33(36)38-32(30)31)21-9-13-23(14-10-21)35(4,5)6/h7-16,33H,1-6H3. The average Bonchev–Trinajstić information content (AvgIpc) is 2.94. The molecule has 1 atom stereocenters. The van der Waals surface area contributed by atoms with Crippen LogP contribution < -0.4 is 21.0 Å². The van der Waals surface area contributed by atoms with Gasteiger partial charge in [-0.15, -0.1) is 0 Å². The lowest BCUT2D eigenvalue weighted by Gasteiger charge is -2.21. The lowest BCUT2D eigenvalue weighted by Crippen LogP contribution is -2.54. The molecule has 41 heavy (non-hydrogen) atoms. The summed E-state index contributed by atoms with van der Waals surface area (Å²) in [5.74, 6) is 5.88. The lowest BCUT2D eigenvalue weighted by atomic mass is 9.84. The molecule has 0 spiro atoms. The van der Waals surface area contributed by atoms with E-state index in [1.807, 2.05) is 66.4 Å². The smallest absolute Gasteiger partial charge is 0.160 e. The quantitative estimate of drug-likeness (QED) is 0.213. The molecule has 204 valence electrons. The minimum absolute atomic E-state index is 0.00836. The van der Waals surface area contributed by atoms with Gasteiger partial charge >= 0.3 is 0 Å². The van der Waals surface area contributed by atoms with E-state index in [0.29, 0.717) is 33.0 Å². The van der Waals surface area contributed by atoms with Crippen molar-refractivity contribution in [3.63, 3.8) is 0 Å². The first-order chi connectivity index (χ1) is 19.4. The molecule has 5 nitrogen and oxygen atoms in total. The van der Waals surface area contributed by atoms with E-state index in [2.05, 4.69) is 51.5 Å². The van der Waals surface area contributed by atoms with E-state index >= 15 is 0 Å². The third kappa shape index (κ3) is 4.80.